The summed E-state index contributed by atoms with van der Waals surface area (Å²) in [5.41, 5.74) is 0. The SMILES string of the molecule is OC1(OCc2ccco2)CCCO1. The number of hydrogen-bond acceptors (Lipinski definition) is 4. The zero-order valence-corrected chi connectivity index (χ0v) is 7.23. The highest BCUT2D eigenvalue weighted by Gasteiger charge is 2.33. The average molecular weight is 184 g/mol. The van der Waals surface area contributed by atoms with Crippen molar-refractivity contribution in [3.63, 3.8) is 0 Å². The highest BCUT2D eigenvalue weighted by atomic mass is 16.8. The van der Waals surface area contributed by atoms with E-state index in [4.69, 9.17) is 13.9 Å². The summed E-state index contributed by atoms with van der Waals surface area (Å²) < 4.78 is 15.3. The van der Waals surface area contributed by atoms with Crippen LogP contribution in [0.1, 0.15) is 18.6 Å². The molecule has 0 saturated carbocycles. The summed E-state index contributed by atoms with van der Waals surface area (Å²) in [7, 11) is 0. The number of furan rings is 1. The Morgan fingerprint density at radius 3 is 3.15 bits per heavy atom. The van der Waals surface area contributed by atoms with Crippen LogP contribution in [-0.2, 0) is 16.1 Å². The van der Waals surface area contributed by atoms with Gasteiger partial charge in [-0.3, -0.25) is 0 Å². The Balaban J connectivity index is 1.85. The molecular weight excluding hydrogens is 172 g/mol. The molecule has 4 heteroatoms. The maximum Gasteiger partial charge on any atom is 0.280 e. The lowest BCUT2D eigenvalue weighted by Gasteiger charge is -2.20. The monoisotopic (exact) mass is 184 g/mol. The van der Waals surface area contributed by atoms with Gasteiger partial charge in [0, 0.05) is 6.42 Å². The van der Waals surface area contributed by atoms with Crippen LogP contribution in [0.15, 0.2) is 22.8 Å². The van der Waals surface area contributed by atoms with Gasteiger partial charge in [-0.05, 0) is 18.6 Å². The van der Waals surface area contributed by atoms with E-state index in [9.17, 15) is 5.11 Å². The Labute approximate surface area is 76.1 Å². The van der Waals surface area contributed by atoms with Gasteiger partial charge in [0.2, 0.25) is 0 Å². The summed E-state index contributed by atoms with van der Waals surface area (Å²) in [6.45, 7) is 0.790. The fourth-order valence-electron chi connectivity index (χ4n) is 1.29. The summed E-state index contributed by atoms with van der Waals surface area (Å²) in [6, 6.07) is 3.57. The van der Waals surface area contributed by atoms with Crippen molar-refractivity contribution in [2.45, 2.75) is 25.4 Å². The molecule has 0 aliphatic carbocycles. The van der Waals surface area contributed by atoms with Gasteiger partial charge in [0.15, 0.2) is 0 Å². The smallest absolute Gasteiger partial charge is 0.280 e. The molecule has 0 radical (unpaired) electrons. The molecule has 1 aromatic rings. The second-order valence-electron chi connectivity index (χ2n) is 3.03. The van der Waals surface area contributed by atoms with Crippen molar-refractivity contribution >= 4 is 0 Å². The first-order valence-corrected chi connectivity index (χ1v) is 4.31. The summed E-state index contributed by atoms with van der Waals surface area (Å²) in [5, 5.41) is 9.60. The minimum atomic E-state index is -1.40. The van der Waals surface area contributed by atoms with Crippen LogP contribution in [0.5, 0.6) is 0 Å². The van der Waals surface area contributed by atoms with E-state index in [0.29, 0.717) is 18.8 Å². The van der Waals surface area contributed by atoms with Crippen LogP contribution in [0, 0.1) is 0 Å². The van der Waals surface area contributed by atoms with Gasteiger partial charge in [-0.15, -0.1) is 0 Å². The Morgan fingerprint density at radius 1 is 1.62 bits per heavy atom. The van der Waals surface area contributed by atoms with Crippen LogP contribution in [0.3, 0.4) is 0 Å². The molecule has 13 heavy (non-hydrogen) atoms. The van der Waals surface area contributed by atoms with Gasteiger partial charge >= 0.3 is 0 Å². The number of rotatable bonds is 3. The van der Waals surface area contributed by atoms with Crippen LogP contribution in [0.25, 0.3) is 0 Å². The largest absolute Gasteiger partial charge is 0.467 e. The third-order valence-corrected chi connectivity index (χ3v) is 1.98. The van der Waals surface area contributed by atoms with Gasteiger partial charge in [-0.2, -0.15) is 0 Å². The second-order valence-corrected chi connectivity index (χ2v) is 3.03. The topological polar surface area (TPSA) is 51.8 Å². The molecule has 0 bridgehead atoms. The minimum absolute atomic E-state index is 0.240. The molecule has 1 aliphatic rings. The zero-order chi connectivity index (χ0) is 9.15. The first-order valence-electron chi connectivity index (χ1n) is 4.31. The standard InChI is InChI=1S/C9H12O4/c10-9(4-2-6-12-9)13-7-8-3-1-5-11-8/h1,3,5,10H,2,4,6-7H2. The Kier molecular flexibility index (Phi) is 2.35. The van der Waals surface area contributed by atoms with E-state index in [1.54, 1.807) is 18.4 Å². The van der Waals surface area contributed by atoms with E-state index in [-0.39, 0.29) is 6.61 Å². The Bertz CT molecular complexity index is 249. The van der Waals surface area contributed by atoms with E-state index < -0.39 is 5.97 Å². The molecule has 1 fully saturated rings. The summed E-state index contributed by atoms with van der Waals surface area (Å²) in [5.74, 6) is -0.712. The van der Waals surface area contributed by atoms with Crippen molar-refractivity contribution in [1.29, 1.82) is 0 Å². The Morgan fingerprint density at radius 2 is 2.54 bits per heavy atom. The van der Waals surface area contributed by atoms with Gasteiger partial charge in [0.25, 0.3) is 5.97 Å². The third-order valence-electron chi connectivity index (χ3n) is 1.98. The first kappa shape index (κ1) is 8.74. The molecule has 1 aliphatic heterocycles. The van der Waals surface area contributed by atoms with Gasteiger partial charge in [-0.1, -0.05) is 0 Å². The van der Waals surface area contributed by atoms with E-state index in [2.05, 4.69) is 0 Å². The molecule has 4 nitrogen and oxygen atoms in total. The third kappa shape index (κ3) is 2.09. The first-order chi connectivity index (χ1) is 6.29. The van der Waals surface area contributed by atoms with Crippen molar-refractivity contribution in [2.75, 3.05) is 6.61 Å². The molecule has 1 N–H and O–H groups in total. The van der Waals surface area contributed by atoms with Crippen LogP contribution < -0.4 is 0 Å². The molecule has 1 atom stereocenters. The summed E-state index contributed by atoms with van der Waals surface area (Å²) in [6.07, 6.45) is 2.92. The second kappa shape index (κ2) is 3.49. The average Bonchev–Trinajstić information content (AvgIpc) is 2.72. The van der Waals surface area contributed by atoms with Gasteiger partial charge in [0.1, 0.15) is 12.4 Å². The van der Waals surface area contributed by atoms with Gasteiger partial charge in [0.05, 0.1) is 12.9 Å². The molecule has 1 saturated heterocycles. The predicted octanol–water partition coefficient (Wildman–Crippen LogP) is 1.25. The highest BCUT2D eigenvalue weighted by molar-refractivity contribution is 4.96. The minimum Gasteiger partial charge on any atom is -0.467 e. The number of aliphatic hydroxyl groups is 1. The Hall–Kier alpha value is -0.840. The van der Waals surface area contributed by atoms with Crippen LogP contribution in [-0.4, -0.2) is 17.7 Å². The molecule has 0 aromatic carbocycles. The van der Waals surface area contributed by atoms with Crippen LogP contribution in [0.2, 0.25) is 0 Å². The van der Waals surface area contributed by atoms with Gasteiger partial charge in [-0.25, -0.2) is 0 Å². The van der Waals surface area contributed by atoms with Gasteiger partial charge < -0.3 is 19.0 Å². The predicted molar refractivity (Wildman–Crippen MR) is 43.6 cm³/mol. The lowest BCUT2D eigenvalue weighted by molar-refractivity contribution is -0.345. The van der Waals surface area contributed by atoms with Crippen molar-refractivity contribution in [3.05, 3.63) is 24.2 Å². The van der Waals surface area contributed by atoms with Crippen LogP contribution in [0.4, 0.5) is 0 Å². The maximum absolute atomic E-state index is 9.60. The molecule has 2 heterocycles. The van der Waals surface area contributed by atoms with E-state index >= 15 is 0 Å². The molecule has 2 rings (SSSR count). The molecular formula is C9H12O4. The molecule has 0 spiro atoms. The van der Waals surface area contributed by atoms with Crippen molar-refractivity contribution < 1.29 is 19.0 Å². The number of ether oxygens (including phenoxy) is 2. The zero-order valence-electron chi connectivity index (χ0n) is 7.23. The molecule has 0 amide bonds. The van der Waals surface area contributed by atoms with E-state index in [1.807, 2.05) is 0 Å². The molecule has 1 aromatic heterocycles. The van der Waals surface area contributed by atoms with E-state index in [0.717, 1.165) is 6.42 Å². The maximum atomic E-state index is 9.60. The normalized spacial score (nSPS) is 28.1. The fraction of sp³-hybridized carbons (Fsp3) is 0.556. The number of hydrogen-bond donors (Lipinski definition) is 1. The summed E-state index contributed by atoms with van der Waals surface area (Å²) in [4.78, 5) is 0. The fourth-order valence-corrected chi connectivity index (χ4v) is 1.29. The summed E-state index contributed by atoms with van der Waals surface area (Å²) >= 11 is 0. The quantitative estimate of drug-likeness (QED) is 0.718. The molecule has 72 valence electrons. The lowest BCUT2D eigenvalue weighted by atomic mass is 10.3. The highest BCUT2D eigenvalue weighted by Crippen LogP contribution is 2.24. The van der Waals surface area contributed by atoms with E-state index in [1.165, 1.54) is 0 Å². The van der Waals surface area contributed by atoms with Crippen molar-refractivity contribution in [2.24, 2.45) is 0 Å². The lowest BCUT2D eigenvalue weighted by Crippen LogP contribution is -2.30. The van der Waals surface area contributed by atoms with Crippen molar-refractivity contribution in [3.8, 4) is 0 Å². The van der Waals surface area contributed by atoms with Crippen LogP contribution >= 0.6 is 0 Å². The van der Waals surface area contributed by atoms with Crippen molar-refractivity contribution in [1.82, 2.24) is 0 Å². The molecule has 1 unspecified atom stereocenters.